The average molecular weight is 849 g/mol. The number of aliphatic hydroxyl groups is 4. The van der Waals surface area contributed by atoms with Crippen molar-refractivity contribution in [1.29, 1.82) is 0 Å². The molecule has 0 amide bonds. The van der Waals surface area contributed by atoms with Crippen LogP contribution in [0.1, 0.15) is 187 Å². The van der Waals surface area contributed by atoms with Crippen molar-refractivity contribution in [3.8, 4) is 0 Å². The Morgan fingerprint density at radius 1 is 0.724 bits per heavy atom. The fraction of sp³-hybridized carbons (Fsp3) is 0.886. The second kappa shape index (κ2) is 35.0. The summed E-state index contributed by atoms with van der Waals surface area (Å²) >= 11 is 0. The average Bonchev–Trinajstić information content (AvgIpc) is 3.47. The van der Waals surface area contributed by atoms with Crippen LogP contribution in [0.5, 0.6) is 0 Å². The molecule has 0 bridgehead atoms. The van der Waals surface area contributed by atoms with E-state index >= 15 is 0 Å². The summed E-state index contributed by atoms with van der Waals surface area (Å²) in [6.45, 7) is 2.02. The fourth-order valence-corrected chi connectivity index (χ4v) is 8.04. The monoisotopic (exact) mass is 849 g/mol. The maximum absolute atomic E-state index is 12.7. The van der Waals surface area contributed by atoms with E-state index in [1.807, 2.05) is 0 Å². The maximum Gasteiger partial charge on any atom is 0.472 e. The largest absolute Gasteiger partial charge is 0.472 e. The summed E-state index contributed by atoms with van der Waals surface area (Å²) in [5.41, 5.74) is 0. The highest BCUT2D eigenvalue weighted by molar-refractivity contribution is 7.47. The van der Waals surface area contributed by atoms with E-state index < -0.39 is 69.9 Å². The Balaban J connectivity index is 2.42. The van der Waals surface area contributed by atoms with Crippen LogP contribution in [0.15, 0.2) is 12.2 Å². The van der Waals surface area contributed by atoms with E-state index in [0.29, 0.717) is 32.1 Å². The maximum atomic E-state index is 12.7. The summed E-state index contributed by atoms with van der Waals surface area (Å²) in [5, 5.41) is 39.1. The standard InChI is InChI=1S/C44H81O13P/c1-3-5-7-8-9-10-11-12-13-14-15-16-17-18-23-27-43(50)54-34-38(35-56-58(52,53)55-33-37(47)32-45)57-44(51)28-24-20-19-22-26-39-40(42(49)31-41(39)48)30-29-36(46)25-21-6-4-2/h29-30,36-41,45-48H,3-28,31-35H2,1-2H3,(H,52,53)/b30-29+/t36-,37-,38+,39+,40+,41-/m0/s1. The van der Waals surface area contributed by atoms with Crippen LogP contribution < -0.4 is 0 Å². The molecule has 13 nitrogen and oxygen atoms in total. The number of allylic oxidation sites excluding steroid dienone is 1. The lowest BCUT2D eigenvalue weighted by Crippen LogP contribution is -2.29. The van der Waals surface area contributed by atoms with Gasteiger partial charge in [0.15, 0.2) is 6.10 Å². The van der Waals surface area contributed by atoms with Gasteiger partial charge in [-0.25, -0.2) is 4.57 Å². The van der Waals surface area contributed by atoms with Gasteiger partial charge >= 0.3 is 19.8 Å². The predicted molar refractivity (Wildman–Crippen MR) is 225 cm³/mol. The van der Waals surface area contributed by atoms with Gasteiger partial charge in [-0.2, -0.15) is 0 Å². The van der Waals surface area contributed by atoms with Crippen molar-refractivity contribution in [3.63, 3.8) is 0 Å². The van der Waals surface area contributed by atoms with Gasteiger partial charge in [0, 0.05) is 25.2 Å². The zero-order valence-electron chi connectivity index (χ0n) is 36.0. The summed E-state index contributed by atoms with van der Waals surface area (Å²) in [4.78, 5) is 47.7. The van der Waals surface area contributed by atoms with Crippen molar-refractivity contribution < 1.29 is 62.8 Å². The number of esters is 2. The summed E-state index contributed by atoms with van der Waals surface area (Å²) in [6.07, 6.45) is 25.0. The molecule has 58 heavy (non-hydrogen) atoms. The molecule has 0 saturated heterocycles. The number of ketones is 1. The Morgan fingerprint density at radius 3 is 1.79 bits per heavy atom. The number of phosphoric ester groups is 1. The molecule has 0 heterocycles. The summed E-state index contributed by atoms with van der Waals surface area (Å²) in [5.74, 6) is -1.71. The van der Waals surface area contributed by atoms with Crippen molar-refractivity contribution >= 4 is 25.5 Å². The van der Waals surface area contributed by atoms with Crippen LogP contribution in [-0.4, -0.2) is 93.9 Å². The highest BCUT2D eigenvalue weighted by atomic mass is 31.2. The molecule has 0 aromatic heterocycles. The van der Waals surface area contributed by atoms with Gasteiger partial charge in [-0.15, -0.1) is 0 Å². The number of aliphatic hydroxyl groups excluding tert-OH is 4. The van der Waals surface area contributed by atoms with E-state index in [2.05, 4.69) is 18.4 Å². The van der Waals surface area contributed by atoms with Crippen molar-refractivity contribution in [2.45, 2.75) is 212 Å². The van der Waals surface area contributed by atoms with E-state index in [1.165, 1.54) is 70.6 Å². The van der Waals surface area contributed by atoms with Crippen molar-refractivity contribution in [3.05, 3.63) is 12.2 Å². The van der Waals surface area contributed by atoms with Gasteiger partial charge in [-0.05, 0) is 31.6 Å². The molecule has 0 aromatic carbocycles. The predicted octanol–water partition coefficient (Wildman–Crippen LogP) is 8.59. The number of carbonyl (C=O) groups is 3. The zero-order valence-corrected chi connectivity index (χ0v) is 36.9. The van der Waals surface area contributed by atoms with Crippen LogP contribution in [0.4, 0.5) is 0 Å². The minimum absolute atomic E-state index is 0.0154. The molecule has 1 saturated carbocycles. The SMILES string of the molecule is CCCCCCCCCCCCCCCCCC(=O)OC[C@H](COP(=O)(O)OC[C@@H](O)CO)OC(=O)CCCCCC[C@H]1[C@@H](O)CC(=O)[C@@H]1/C=C/[C@@H](O)CCCCC. The van der Waals surface area contributed by atoms with E-state index in [1.54, 1.807) is 12.2 Å². The Morgan fingerprint density at radius 2 is 1.22 bits per heavy atom. The van der Waals surface area contributed by atoms with E-state index in [-0.39, 0.29) is 37.6 Å². The number of ether oxygens (including phenoxy) is 2. The number of Topliss-reactive ketones (excluding diaryl/α,β-unsaturated/α-hetero) is 1. The third-order valence-electron chi connectivity index (χ3n) is 10.8. The zero-order chi connectivity index (χ0) is 42.9. The third kappa shape index (κ3) is 28.7. The van der Waals surface area contributed by atoms with Gasteiger partial charge in [-0.1, -0.05) is 154 Å². The van der Waals surface area contributed by atoms with Crippen molar-refractivity contribution in [1.82, 2.24) is 0 Å². The van der Waals surface area contributed by atoms with Crippen LogP contribution in [-0.2, 0) is 37.5 Å². The van der Waals surface area contributed by atoms with E-state index in [9.17, 15) is 39.2 Å². The van der Waals surface area contributed by atoms with Gasteiger partial charge < -0.3 is 34.8 Å². The first kappa shape index (κ1) is 54.3. The highest BCUT2D eigenvalue weighted by Gasteiger charge is 2.39. The van der Waals surface area contributed by atoms with E-state index in [0.717, 1.165) is 51.4 Å². The molecule has 340 valence electrons. The van der Waals surface area contributed by atoms with Crippen LogP contribution in [0.25, 0.3) is 0 Å². The van der Waals surface area contributed by atoms with Gasteiger partial charge in [0.05, 0.1) is 32.0 Å². The number of hydrogen-bond donors (Lipinski definition) is 5. The van der Waals surface area contributed by atoms with Crippen LogP contribution >= 0.6 is 7.82 Å². The Kier molecular flexibility index (Phi) is 32.7. The fourth-order valence-electron chi connectivity index (χ4n) is 7.25. The summed E-state index contributed by atoms with van der Waals surface area (Å²) < 4.78 is 32.7. The Labute approximate surface area is 349 Å². The van der Waals surface area contributed by atoms with Gasteiger partial charge in [-0.3, -0.25) is 23.4 Å². The lowest BCUT2D eigenvalue weighted by Gasteiger charge is -2.20. The number of hydrogen-bond acceptors (Lipinski definition) is 12. The summed E-state index contributed by atoms with van der Waals surface area (Å²) in [6, 6.07) is 0. The quantitative estimate of drug-likeness (QED) is 0.0170. The smallest absolute Gasteiger partial charge is 0.462 e. The molecule has 1 fully saturated rings. The minimum atomic E-state index is -4.68. The molecule has 1 aliphatic carbocycles. The number of rotatable bonds is 39. The number of phosphoric acid groups is 1. The normalized spacial score (nSPS) is 19.6. The van der Waals surface area contributed by atoms with E-state index in [4.69, 9.17) is 19.1 Å². The first-order valence-corrected chi connectivity index (χ1v) is 24.2. The molecular weight excluding hydrogens is 767 g/mol. The van der Waals surface area contributed by atoms with Gasteiger partial charge in [0.25, 0.3) is 0 Å². The molecule has 0 spiro atoms. The molecule has 1 aliphatic rings. The number of unbranched alkanes of at least 4 members (excludes halogenated alkanes) is 19. The molecule has 0 aliphatic heterocycles. The molecular formula is C44H81O13P. The second-order valence-electron chi connectivity index (χ2n) is 16.2. The van der Waals surface area contributed by atoms with Crippen LogP contribution in [0.2, 0.25) is 0 Å². The molecule has 1 unspecified atom stereocenters. The van der Waals surface area contributed by atoms with Gasteiger partial charge in [0.2, 0.25) is 0 Å². The van der Waals surface area contributed by atoms with Gasteiger partial charge in [0.1, 0.15) is 18.5 Å². The van der Waals surface area contributed by atoms with Crippen LogP contribution in [0, 0.1) is 11.8 Å². The summed E-state index contributed by atoms with van der Waals surface area (Å²) in [7, 11) is -4.68. The lowest BCUT2D eigenvalue weighted by molar-refractivity contribution is -0.161. The topological polar surface area (TPSA) is 206 Å². The third-order valence-corrected chi connectivity index (χ3v) is 11.8. The Hall–Kier alpha value is -1.70. The Bertz CT molecular complexity index is 1130. The molecule has 7 atom stereocenters. The lowest BCUT2D eigenvalue weighted by atomic mass is 9.88. The number of carbonyl (C=O) groups excluding carboxylic acids is 3. The molecule has 0 aromatic rings. The van der Waals surface area contributed by atoms with Crippen molar-refractivity contribution in [2.24, 2.45) is 11.8 Å². The molecule has 14 heteroatoms. The molecule has 0 radical (unpaired) electrons. The highest BCUT2D eigenvalue weighted by Crippen LogP contribution is 2.43. The first-order valence-electron chi connectivity index (χ1n) is 22.7. The molecule has 1 rings (SSSR count). The minimum Gasteiger partial charge on any atom is -0.462 e. The van der Waals surface area contributed by atoms with Crippen molar-refractivity contribution in [2.75, 3.05) is 26.4 Å². The second-order valence-corrected chi connectivity index (χ2v) is 17.7. The molecule has 5 N–H and O–H groups in total. The van der Waals surface area contributed by atoms with Crippen LogP contribution in [0.3, 0.4) is 0 Å². The first-order chi connectivity index (χ1) is 27.9.